The first-order chi connectivity index (χ1) is 18.5. The third-order valence-electron chi connectivity index (χ3n) is 6.44. The van der Waals surface area contributed by atoms with Crippen molar-refractivity contribution in [2.24, 2.45) is 0 Å². The van der Waals surface area contributed by atoms with E-state index in [0.717, 1.165) is 16.4 Å². The van der Waals surface area contributed by atoms with Gasteiger partial charge in [0.15, 0.2) is 11.5 Å². The highest BCUT2D eigenvalue weighted by Gasteiger charge is 2.33. The lowest BCUT2D eigenvalue weighted by Gasteiger charge is -2.37. The van der Waals surface area contributed by atoms with Gasteiger partial charge in [0.1, 0.15) is 6.54 Å². The molecule has 39 heavy (non-hydrogen) atoms. The number of ether oxygens (including phenoxy) is 2. The predicted molar refractivity (Wildman–Crippen MR) is 141 cm³/mol. The number of nitrogens with zero attached hydrogens (tertiary/aromatic N) is 3. The van der Waals surface area contributed by atoms with Crippen molar-refractivity contribution in [2.45, 2.75) is 11.1 Å². The predicted octanol–water partition coefficient (Wildman–Crippen LogP) is 4.27. The number of piperazine rings is 1. The van der Waals surface area contributed by atoms with Crippen LogP contribution in [0.15, 0.2) is 77.7 Å². The van der Waals surface area contributed by atoms with Gasteiger partial charge in [0.25, 0.3) is 10.0 Å². The summed E-state index contributed by atoms with van der Waals surface area (Å²) in [6.45, 7) is 0.619. The Bertz CT molecular complexity index is 1410. The lowest BCUT2D eigenvalue weighted by Crippen LogP contribution is -2.52. The number of amides is 1. The van der Waals surface area contributed by atoms with Crippen LogP contribution in [0.5, 0.6) is 11.5 Å². The van der Waals surface area contributed by atoms with Crippen LogP contribution in [-0.4, -0.2) is 66.2 Å². The fraction of sp³-hybridized carbons (Fsp3) is 0.296. The van der Waals surface area contributed by atoms with Gasteiger partial charge in [-0.3, -0.25) is 9.10 Å². The van der Waals surface area contributed by atoms with Crippen LogP contribution in [0.4, 0.5) is 24.5 Å². The van der Waals surface area contributed by atoms with Gasteiger partial charge in [-0.1, -0.05) is 24.3 Å². The van der Waals surface area contributed by atoms with Gasteiger partial charge in [-0.05, 0) is 42.5 Å². The molecule has 208 valence electrons. The number of alkyl halides is 3. The molecule has 0 radical (unpaired) electrons. The van der Waals surface area contributed by atoms with Gasteiger partial charge in [-0.15, -0.1) is 0 Å². The molecule has 3 aromatic rings. The summed E-state index contributed by atoms with van der Waals surface area (Å²) in [6.07, 6.45) is -4.45. The van der Waals surface area contributed by atoms with E-state index >= 15 is 0 Å². The largest absolute Gasteiger partial charge is 0.493 e. The molecule has 1 amide bonds. The maximum Gasteiger partial charge on any atom is 0.416 e. The number of rotatable bonds is 8. The number of hydrogen-bond acceptors (Lipinski definition) is 6. The average Bonchev–Trinajstić information content (AvgIpc) is 2.95. The molecule has 1 saturated heterocycles. The van der Waals surface area contributed by atoms with Crippen molar-refractivity contribution in [2.75, 3.05) is 56.1 Å². The van der Waals surface area contributed by atoms with Crippen LogP contribution in [-0.2, 0) is 21.0 Å². The topological polar surface area (TPSA) is 79.4 Å². The van der Waals surface area contributed by atoms with Crippen molar-refractivity contribution in [3.63, 3.8) is 0 Å². The van der Waals surface area contributed by atoms with Crippen molar-refractivity contribution in [3.05, 3.63) is 78.4 Å². The highest BCUT2D eigenvalue weighted by atomic mass is 32.2. The third kappa shape index (κ3) is 6.22. The zero-order chi connectivity index (χ0) is 28.2. The van der Waals surface area contributed by atoms with Crippen LogP contribution in [0.25, 0.3) is 0 Å². The minimum atomic E-state index is -4.45. The summed E-state index contributed by atoms with van der Waals surface area (Å²) in [7, 11) is -1.35. The lowest BCUT2D eigenvalue weighted by atomic mass is 10.1. The fourth-order valence-electron chi connectivity index (χ4n) is 4.33. The van der Waals surface area contributed by atoms with Gasteiger partial charge in [-0.2, -0.15) is 13.2 Å². The number of anilines is 2. The maximum atomic E-state index is 13.7. The van der Waals surface area contributed by atoms with Crippen molar-refractivity contribution in [3.8, 4) is 11.5 Å². The van der Waals surface area contributed by atoms with Gasteiger partial charge in [-0.25, -0.2) is 8.42 Å². The van der Waals surface area contributed by atoms with Gasteiger partial charge < -0.3 is 19.3 Å². The molecular weight excluding hydrogens is 535 g/mol. The van der Waals surface area contributed by atoms with Crippen LogP contribution in [0, 0.1) is 0 Å². The van der Waals surface area contributed by atoms with E-state index in [2.05, 4.69) is 0 Å². The van der Waals surface area contributed by atoms with Crippen LogP contribution in [0.3, 0.4) is 0 Å². The first-order valence-electron chi connectivity index (χ1n) is 12.0. The number of halogens is 3. The first-order valence-corrected chi connectivity index (χ1v) is 13.5. The molecule has 0 unspecified atom stereocenters. The molecule has 8 nitrogen and oxygen atoms in total. The Morgan fingerprint density at radius 2 is 1.54 bits per heavy atom. The van der Waals surface area contributed by atoms with E-state index in [-0.39, 0.29) is 23.7 Å². The van der Waals surface area contributed by atoms with E-state index in [1.165, 1.54) is 43.4 Å². The smallest absolute Gasteiger partial charge is 0.416 e. The molecule has 0 N–H and O–H groups in total. The molecule has 4 rings (SSSR count). The number of hydrogen-bond donors (Lipinski definition) is 0. The summed E-state index contributed by atoms with van der Waals surface area (Å²) in [5, 5.41) is 0. The van der Waals surface area contributed by atoms with Crippen molar-refractivity contribution in [1.29, 1.82) is 0 Å². The highest BCUT2D eigenvalue weighted by molar-refractivity contribution is 7.92. The minimum absolute atomic E-state index is 0.0776. The molecule has 12 heteroatoms. The normalized spacial score (nSPS) is 14.2. The Morgan fingerprint density at radius 1 is 0.872 bits per heavy atom. The second kappa shape index (κ2) is 11.4. The number of para-hydroxylation sites is 1. The molecule has 0 aromatic heterocycles. The van der Waals surface area contributed by atoms with Crippen LogP contribution >= 0.6 is 0 Å². The fourth-order valence-corrected chi connectivity index (χ4v) is 5.76. The lowest BCUT2D eigenvalue weighted by molar-refractivity contribution is -0.137. The SMILES string of the molecule is COc1ccc(S(=O)(=O)N(CC(=O)N2CCN(c3cccc(C(F)(F)F)c3)CC2)c2ccccc2)cc1OC. The molecule has 1 aliphatic heterocycles. The number of carbonyl (C=O) groups is 1. The first kappa shape index (κ1) is 28.1. The van der Waals surface area contributed by atoms with E-state index in [0.29, 0.717) is 30.2 Å². The van der Waals surface area contributed by atoms with E-state index in [1.54, 1.807) is 41.3 Å². The van der Waals surface area contributed by atoms with E-state index in [9.17, 15) is 26.4 Å². The van der Waals surface area contributed by atoms with Crippen LogP contribution in [0.2, 0.25) is 0 Å². The molecule has 3 aromatic carbocycles. The summed E-state index contributed by atoms with van der Waals surface area (Å²) in [5.41, 5.74) is -0.0144. The molecule has 1 aliphatic rings. The molecular formula is C27H28F3N3O5S. The summed E-state index contributed by atoms with van der Waals surface area (Å²) >= 11 is 0. The number of carbonyl (C=O) groups excluding carboxylic acids is 1. The monoisotopic (exact) mass is 563 g/mol. The van der Waals surface area contributed by atoms with Crippen LogP contribution < -0.4 is 18.7 Å². The summed E-state index contributed by atoms with van der Waals surface area (Å²) in [4.78, 5) is 16.5. The molecule has 0 spiro atoms. The van der Waals surface area contributed by atoms with Crippen molar-refractivity contribution in [1.82, 2.24) is 4.90 Å². The molecule has 0 bridgehead atoms. The number of benzene rings is 3. The Balaban J connectivity index is 1.53. The molecule has 0 aliphatic carbocycles. The third-order valence-corrected chi connectivity index (χ3v) is 8.21. The molecule has 1 fully saturated rings. The van der Waals surface area contributed by atoms with E-state index in [1.807, 2.05) is 0 Å². The zero-order valence-electron chi connectivity index (χ0n) is 21.4. The zero-order valence-corrected chi connectivity index (χ0v) is 22.2. The maximum absolute atomic E-state index is 13.7. The summed E-state index contributed by atoms with van der Waals surface area (Å²) in [5.74, 6) is 0.160. The second-order valence-corrected chi connectivity index (χ2v) is 10.6. The van der Waals surface area contributed by atoms with Gasteiger partial charge in [0.2, 0.25) is 5.91 Å². The Hall–Kier alpha value is -3.93. The number of sulfonamides is 1. The Morgan fingerprint density at radius 3 is 2.15 bits per heavy atom. The van der Waals surface area contributed by atoms with Gasteiger partial charge >= 0.3 is 6.18 Å². The summed E-state index contributed by atoms with van der Waals surface area (Å²) in [6, 6.07) is 17.5. The van der Waals surface area contributed by atoms with E-state index in [4.69, 9.17) is 9.47 Å². The molecule has 0 atom stereocenters. The van der Waals surface area contributed by atoms with Crippen molar-refractivity contribution >= 4 is 27.3 Å². The van der Waals surface area contributed by atoms with Crippen LogP contribution in [0.1, 0.15) is 5.56 Å². The summed E-state index contributed by atoms with van der Waals surface area (Å²) < 4.78 is 78.3. The quantitative estimate of drug-likeness (QED) is 0.408. The standard InChI is InChI=1S/C27H28F3N3O5S/c1-37-24-12-11-23(18-25(24)38-2)39(35,36)33(21-8-4-3-5-9-21)19-26(34)32-15-13-31(14-16-32)22-10-6-7-20(17-22)27(28,29)30/h3-12,17-18H,13-16,19H2,1-2H3. The van der Waals surface area contributed by atoms with Gasteiger partial charge in [0, 0.05) is 37.9 Å². The Labute approximate surface area is 225 Å². The van der Waals surface area contributed by atoms with Crippen molar-refractivity contribution < 1.29 is 35.9 Å². The minimum Gasteiger partial charge on any atom is -0.493 e. The Kier molecular flexibility index (Phi) is 8.24. The van der Waals surface area contributed by atoms with E-state index < -0.39 is 34.2 Å². The number of methoxy groups -OCH3 is 2. The second-order valence-electron chi connectivity index (χ2n) is 8.78. The average molecular weight is 564 g/mol. The van der Waals surface area contributed by atoms with Gasteiger partial charge in [0.05, 0.1) is 30.4 Å². The highest BCUT2D eigenvalue weighted by Crippen LogP contribution is 2.33. The molecule has 1 heterocycles. The molecule has 0 saturated carbocycles.